The molecule has 1 fully saturated rings. The van der Waals surface area contributed by atoms with Crippen molar-refractivity contribution in [3.05, 3.63) is 125 Å². The van der Waals surface area contributed by atoms with Crippen molar-refractivity contribution in [3.8, 4) is 28.4 Å². The second-order valence-electron chi connectivity index (χ2n) is 11.5. The van der Waals surface area contributed by atoms with Crippen LogP contribution in [0, 0.1) is 5.92 Å². The van der Waals surface area contributed by atoms with Crippen molar-refractivity contribution in [3.63, 3.8) is 0 Å². The van der Waals surface area contributed by atoms with Crippen molar-refractivity contribution in [1.82, 2.24) is 0 Å². The predicted octanol–water partition coefficient (Wildman–Crippen LogP) is 10.3. The Bertz CT molecular complexity index is 1550. The van der Waals surface area contributed by atoms with Crippen LogP contribution < -0.4 is 9.47 Å². The monoisotopic (exact) mass is 610 g/mol. The molecule has 4 atom stereocenters. The molecule has 0 aromatic heterocycles. The molecule has 5 rings (SSSR count). The van der Waals surface area contributed by atoms with Crippen LogP contribution in [-0.2, 0) is 9.53 Å². The molecule has 0 unspecified atom stereocenters. The average molecular weight is 611 g/mol. The molecule has 0 aliphatic carbocycles. The number of benzene rings is 4. The number of carboxylic acid groups (broad SMARTS) is 1. The van der Waals surface area contributed by atoms with Gasteiger partial charge in [-0.3, -0.25) is 0 Å². The Hall–Kier alpha value is -4.06. The number of halogens is 1. The highest BCUT2D eigenvalue weighted by Gasteiger charge is 2.40. The fraction of sp³-hybridized carbons (Fsp3) is 0.289. The lowest BCUT2D eigenvalue weighted by Gasteiger charge is -2.43. The number of ether oxygens (including phenoxy) is 3. The Labute approximate surface area is 265 Å². The third kappa shape index (κ3) is 7.71. The zero-order chi connectivity index (χ0) is 31.1. The van der Waals surface area contributed by atoms with Crippen molar-refractivity contribution in [2.75, 3.05) is 6.61 Å². The maximum absolute atomic E-state index is 11.4. The number of rotatable bonds is 12. The van der Waals surface area contributed by atoms with Gasteiger partial charge >= 0.3 is 5.97 Å². The summed E-state index contributed by atoms with van der Waals surface area (Å²) in [6, 6.07) is 31.8. The minimum Gasteiger partial charge on any atom is -0.482 e. The van der Waals surface area contributed by atoms with Crippen LogP contribution >= 0.6 is 11.6 Å². The molecular formula is C38H39ClO5. The van der Waals surface area contributed by atoms with Crippen molar-refractivity contribution in [1.29, 1.82) is 0 Å². The molecule has 0 bridgehead atoms. The molecule has 228 valence electrons. The van der Waals surface area contributed by atoms with Crippen molar-refractivity contribution in [2.45, 2.75) is 57.7 Å². The van der Waals surface area contributed by atoms with Crippen LogP contribution in [0.1, 0.15) is 62.7 Å². The second-order valence-corrected chi connectivity index (χ2v) is 11.9. The number of hydrogen-bond donors (Lipinski definition) is 1. The second kappa shape index (κ2) is 14.6. The van der Waals surface area contributed by atoms with Gasteiger partial charge in [-0.1, -0.05) is 98.1 Å². The highest BCUT2D eigenvalue weighted by Crippen LogP contribution is 2.50. The van der Waals surface area contributed by atoms with Gasteiger partial charge in [0, 0.05) is 22.4 Å². The zero-order valence-corrected chi connectivity index (χ0v) is 26.0. The Kier molecular flexibility index (Phi) is 10.4. The fourth-order valence-electron chi connectivity index (χ4n) is 5.98. The van der Waals surface area contributed by atoms with E-state index in [1.807, 2.05) is 19.1 Å². The maximum atomic E-state index is 11.4. The van der Waals surface area contributed by atoms with E-state index in [2.05, 4.69) is 62.0 Å². The SMILES string of the molecule is C=C(C)[C@@H]1C[C@@H](c2ccc(-c3ccccc3)cc2)[C@@H](CCCC)O[C@H]1c1cc(Oc2ccc(Cl)cc2)ccc1OCC(=O)O. The van der Waals surface area contributed by atoms with Crippen LogP contribution in [0.25, 0.3) is 11.1 Å². The van der Waals surface area contributed by atoms with Gasteiger partial charge in [0.1, 0.15) is 17.2 Å². The molecule has 0 radical (unpaired) electrons. The first kappa shape index (κ1) is 31.4. The minimum atomic E-state index is -1.04. The zero-order valence-electron chi connectivity index (χ0n) is 25.2. The quantitative estimate of drug-likeness (QED) is 0.162. The minimum absolute atomic E-state index is 0.0235. The van der Waals surface area contributed by atoms with Gasteiger partial charge in [-0.2, -0.15) is 0 Å². The third-order valence-corrected chi connectivity index (χ3v) is 8.50. The highest BCUT2D eigenvalue weighted by atomic mass is 35.5. The summed E-state index contributed by atoms with van der Waals surface area (Å²) < 4.78 is 19.0. The van der Waals surface area contributed by atoms with Crippen LogP contribution in [0.4, 0.5) is 0 Å². The number of unbranched alkanes of at least 4 members (excludes halogenated alkanes) is 1. The molecule has 1 N–H and O–H groups in total. The van der Waals surface area contributed by atoms with E-state index < -0.39 is 12.6 Å². The summed E-state index contributed by atoms with van der Waals surface area (Å²) in [6.45, 7) is 8.14. The van der Waals surface area contributed by atoms with Gasteiger partial charge in [-0.05, 0) is 78.9 Å². The maximum Gasteiger partial charge on any atom is 0.341 e. The molecule has 6 heteroatoms. The van der Waals surface area contributed by atoms with Crippen LogP contribution in [0.3, 0.4) is 0 Å². The van der Waals surface area contributed by atoms with Gasteiger partial charge in [-0.25, -0.2) is 4.79 Å². The third-order valence-electron chi connectivity index (χ3n) is 8.25. The molecular weight excluding hydrogens is 572 g/mol. The van der Waals surface area contributed by atoms with Gasteiger partial charge in [-0.15, -0.1) is 0 Å². The predicted molar refractivity (Wildman–Crippen MR) is 176 cm³/mol. The van der Waals surface area contributed by atoms with Crippen LogP contribution in [0.5, 0.6) is 17.2 Å². The lowest BCUT2D eigenvalue weighted by molar-refractivity contribution is -0.139. The van der Waals surface area contributed by atoms with Gasteiger partial charge in [0.25, 0.3) is 0 Å². The van der Waals surface area contributed by atoms with E-state index in [0.29, 0.717) is 22.3 Å². The number of carboxylic acids is 1. The summed E-state index contributed by atoms with van der Waals surface area (Å²) in [5.74, 6) is 0.814. The summed E-state index contributed by atoms with van der Waals surface area (Å²) >= 11 is 6.06. The van der Waals surface area contributed by atoms with Crippen molar-refractivity contribution < 1.29 is 24.1 Å². The summed E-state index contributed by atoms with van der Waals surface area (Å²) in [4.78, 5) is 11.4. The Balaban J connectivity index is 1.49. The van der Waals surface area contributed by atoms with E-state index in [0.717, 1.165) is 36.8 Å². The molecule has 44 heavy (non-hydrogen) atoms. The van der Waals surface area contributed by atoms with Gasteiger partial charge in [0.2, 0.25) is 0 Å². The van der Waals surface area contributed by atoms with Gasteiger partial charge < -0.3 is 19.3 Å². The van der Waals surface area contributed by atoms with E-state index in [1.54, 1.807) is 36.4 Å². The van der Waals surface area contributed by atoms with E-state index in [9.17, 15) is 9.90 Å². The first-order valence-corrected chi connectivity index (χ1v) is 15.6. The summed E-state index contributed by atoms with van der Waals surface area (Å²) in [5, 5.41) is 10.00. The number of carbonyl (C=O) groups is 1. The molecule has 1 aliphatic rings. The lowest BCUT2D eigenvalue weighted by Crippen LogP contribution is -2.36. The Morgan fingerprint density at radius 2 is 1.64 bits per heavy atom. The average Bonchev–Trinajstić information content (AvgIpc) is 3.04. The van der Waals surface area contributed by atoms with Crippen LogP contribution in [-0.4, -0.2) is 23.8 Å². The molecule has 4 aromatic rings. The number of aliphatic carboxylic acids is 1. The van der Waals surface area contributed by atoms with Crippen LogP contribution in [0.15, 0.2) is 109 Å². The highest BCUT2D eigenvalue weighted by molar-refractivity contribution is 6.30. The molecule has 1 heterocycles. The summed E-state index contributed by atoms with van der Waals surface area (Å²) in [6.07, 6.45) is 3.44. The summed E-state index contributed by atoms with van der Waals surface area (Å²) in [7, 11) is 0. The van der Waals surface area contributed by atoms with Crippen molar-refractivity contribution >= 4 is 17.6 Å². The van der Waals surface area contributed by atoms with Crippen molar-refractivity contribution in [2.24, 2.45) is 5.92 Å². The molecule has 1 saturated heterocycles. The lowest BCUT2D eigenvalue weighted by atomic mass is 9.74. The molecule has 0 saturated carbocycles. The van der Waals surface area contributed by atoms with Gasteiger partial charge in [0.05, 0.1) is 12.2 Å². The van der Waals surface area contributed by atoms with E-state index in [4.69, 9.17) is 25.8 Å². The number of hydrogen-bond acceptors (Lipinski definition) is 4. The standard InChI is InChI=1S/C38H39ClO5/c1-4-5-11-36-33(28-14-12-27(13-15-28)26-9-7-6-8-10-26)23-32(25(2)3)38(44-36)34-22-31(20-21-35(34)42-24-37(40)41)43-30-18-16-29(39)17-19-30/h6-10,12-22,32-33,36,38H,2,4-5,11,23-24H2,1,3H3,(H,40,41)/t32-,33-,36+,38+/m0/s1. The Morgan fingerprint density at radius 3 is 2.30 bits per heavy atom. The normalized spacial score (nSPS) is 19.7. The molecule has 4 aromatic carbocycles. The molecule has 0 amide bonds. The fourth-order valence-corrected chi connectivity index (χ4v) is 6.10. The Morgan fingerprint density at radius 1 is 0.955 bits per heavy atom. The first-order valence-electron chi connectivity index (χ1n) is 15.2. The van der Waals surface area contributed by atoms with E-state index >= 15 is 0 Å². The van der Waals surface area contributed by atoms with E-state index in [1.165, 1.54) is 16.7 Å². The topological polar surface area (TPSA) is 65.0 Å². The largest absolute Gasteiger partial charge is 0.482 e. The summed E-state index contributed by atoms with van der Waals surface area (Å²) in [5.41, 5.74) is 5.38. The van der Waals surface area contributed by atoms with Crippen LogP contribution in [0.2, 0.25) is 5.02 Å². The van der Waals surface area contributed by atoms with Gasteiger partial charge in [0.15, 0.2) is 6.61 Å². The van der Waals surface area contributed by atoms with E-state index in [-0.39, 0.29) is 24.0 Å². The first-order chi connectivity index (χ1) is 21.3. The molecule has 0 spiro atoms. The smallest absolute Gasteiger partial charge is 0.341 e. The molecule has 1 aliphatic heterocycles. The molecule has 5 nitrogen and oxygen atoms in total.